The minimum absolute atomic E-state index is 0. The van der Waals surface area contributed by atoms with Gasteiger partial charge in [0, 0.05) is 26.2 Å². The lowest BCUT2D eigenvalue weighted by Crippen LogP contribution is -2.41. The van der Waals surface area contributed by atoms with Gasteiger partial charge in [-0.25, -0.2) is 0 Å². The van der Waals surface area contributed by atoms with Gasteiger partial charge in [-0.1, -0.05) is 24.3 Å². The van der Waals surface area contributed by atoms with Crippen molar-refractivity contribution in [3.8, 4) is 0 Å². The standard InChI is InChI=1S/C14H18N2O2.ClH/c17-14(7-13-8-15-5-6-18-13)16-9-11-3-1-2-4-12(11)10-16;/h1-4,13,15H,5-10H2;1H. The van der Waals surface area contributed by atoms with Crippen molar-refractivity contribution in [3.63, 3.8) is 0 Å². The van der Waals surface area contributed by atoms with Gasteiger partial charge in [-0.15, -0.1) is 12.4 Å². The minimum Gasteiger partial charge on any atom is -0.375 e. The summed E-state index contributed by atoms with van der Waals surface area (Å²) in [4.78, 5) is 14.1. The number of carbonyl (C=O) groups is 1. The van der Waals surface area contributed by atoms with Gasteiger partial charge in [0.1, 0.15) is 0 Å². The average Bonchev–Trinajstić information content (AvgIpc) is 2.84. The van der Waals surface area contributed by atoms with E-state index in [0.717, 1.165) is 26.2 Å². The lowest BCUT2D eigenvalue weighted by molar-refractivity contribution is -0.135. The molecule has 2 aliphatic rings. The predicted molar refractivity (Wildman–Crippen MR) is 75.2 cm³/mol. The van der Waals surface area contributed by atoms with Gasteiger partial charge in [0.05, 0.1) is 19.1 Å². The highest BCUT2D eigenvalue weighted by Gasteiger charge is 2.26. The highest BCUT2D eigenvalue weighted by atomic mass is 35.5. The van der Waals surface area contributed by atoms with E-state index in [-0.39, 0.29) is 24.4 Å². The number of nitrogens with one attached hydrogen (secondary N) is 1. The summed E-state index contributed by atoms with van der Waals surface area (Å²) in [7, 11) is 0. The van der Waals surface area contributed by atoms with Crippen molar-refractivity contribution in [1.29, 1.82) is 0 Å². The van der Waals surface area contributed by atoms with Crippen molar-refractivity contribution in [3.05, 3.63) is 35.4 Å². The van der Waals surface area contributed by atoms with Crippen LogP contribution in [0.3, 0.4) is 0 Å². The van der Waals surface area contributed by atoms with E-state index < -0.39 is 0 Å². The summed E-state index contributed by atoms with van der Waals surface area (Å²) >= 11 is 0. The van der Waals surface area contributed by atoms with Crippen LogP contribution < -0.4 is 5.32 Å². The topological polar surface area (TPSA) is 41.6 Å². The molecule has 1 fully saturated rings. The fraction of sp³-hybridized carbons (Fsp3) is 0.500. The van der Waals surface area contributed by atoms with E-state index >= 15 is 0 Å². The molecule has 3 rings (SSSR count). The van der Waals surface area contributed by atoms with Crippen molar-refractivity contribution in [2.75, 3.05) is 19.7 Å². The summed E-state index contributed by atoms with van der Waals surface area (Å²) in [5.41, 5.74) is 2.54. The number of fused-ring (bicyclic) bond motifs is 1. The summed E-state index contributed by atoms with van der Waals surface area (Å²) in [5, 5.41) is 3.25. The van der Waals surface area contributed by atoms with Crippen LogP contribution in [-0.2, 0) is 22.6 Å². The molecule has 0 aliphatic carbocycles. The Hall–Kier alpha value is -1.10. The van der Waals surface area contributed by atoms with Crippen LogP contribution in [0.5, 0.6) is 0 Å². The van der Waals surface area contributed by atoms with Crippen molar-refractivity contribution in [2.45, 2.75) is 25.6 Å². The van der Waals surface area contributed by atoms with E-state index in [4.69, 9.17) is 4.74 Å². The third kappa shape index (κ3) is 3.26. The number of amides is 1. The highest BCUT2D eigenvalue weighted by molar-refractivity contribution is 5.85. The van der Waals surface area contributed by atoms with Crippen LogP contribution in [0.4, 0.5) is 0 Å². The quantitative estimate of drug-likeness (QED) is 0.890. The number of benzene rings is 1. The van der Waals surface area contributed by atoms with E-state index in [2.05, 4.69) is 17.4 Å². The van der Waals surface area contributed by atoms with Crippen molar-refractivity contribution in [2.24, 2.45) is 0 Å². The van der Waals surface area contributed by atoms with Gasteiger partial charge < -0.3 is 15.0 Å². The number of hydrogen-bond acceptors (Lipinski definition) is 3. The summed E-state index contributed by atoms with van der Waals surface area (Å²) in [6, 6.07) is 8.25. The first kappa shape index (κ1) is 14.3. The molecule has 0 saturated carbocycles. The van der Waals surface area contributed by atoms with Crippen LogP contribution >= 0.6 is 12.4 Å². The second-order valence-corrected chi connectivity index (χ2v) is 4.92. The zero-order valence-electron chi connectivity index (χ0n) is 10.8. The molecule has 5 heteroatoms. The van der Waals surface area contributed by atoms with Crippen LogP contribution in [0.1, 0.15) is 17.5 Å². The molecule has 1 unspecified atom stereocenters. The SMILES string of the molecule is Cl.O=C(CC1CNCCO1)N1Cc2ccccc2C1. The third-order valence-corrected chi connectivity index (χ3v) is 3.60. The normalized spacial score (nSPS) is 21.7. The van der Waals surface area contributed by atoms with Crippen LogP contribution in [0.25, 0.3) is 0 Å². The first-order valence-electron chi connectivity index (χ1n) is 6.50. The summed E-state index contributed by atoms with van der Waals surface area (Å²) in [6.45, 7) is 3.87. The van der Waals surface area contributed by atoms with Gasteiger partial charge in [-0.3, -0.25) is 4.79 Å². The molecule has 1 N–H and O–H groups in total. The lowest BCUT2D eigenvalue weighted by Gasteiger charge is -2.25. The first-order valence-corrected chi connectivity index (χ1v) is 6.50. The Morgan fingerprint density at radius 2 is 2.00 bits per heavy atom. The van der Waals surface area contributed by atoms with Gasteiger partial charge in [-0.2, -0.15) is 0 Å². The number of halogens is 1. The molecule has 1 amide bonds. The van der Waals surface area contributed by atoms with Crippen LogP contribution in [-0.4, -0.2) is 36.6 Å². The zero-order chi connectivity index (χ0) is 12.4. The Bertz CT molecular complexity index is 422. The molecule has 19 heavy (non-hydrogen) atoms. The molecule has 1 atom stereocenters. The Kier molecular flexibility index (Phi) is 4.80. The predicted octanol–water partition coefficient (Wildman–Crippen LogP) is 1.33. The molecule has 2 heterocycles. The van der Waals surface area contributed by atoms with E-state index in [1.807, 2.05) is 17.0 Å². The van der Waals surface area contributed by atoms with Crippen LogP contribution in [0.15, 0.2) is 24.3 Å². The maximum absolute atomic E-state index is 12.2. The number of hydrogen-bond donors (Lipinski definition) is 1. The number of nitrogens with zero attached hydrogens (tertiary/aromatic N) is 1. The molecule has 0 bridgehead atoms. The van der Waals surface area contributed by atoms with E-state index in [1.165, 1.54) is 11.1 Å². The van der Waals surface area contributed by atoms with Gasteiger partial charge in [0.25, 0.3) is 0 Å². The second-order valence-electron chi connectivity index (χ2n) is 4.92. The number of morpholine rings is 1. The first-order chi connectivity index (χ1) is 8.83. The Morgan fingerprint density at radius 3 is 2.58 bits per heavy atom. The summed E-state index contributed by atoms with van der Waals surface area (Å²) in [6.07, 6.45) is 0.524. The van der Waals surface area contributed by atoms with Crippen molar-refractivity contribution < 1.29 is 9.53 Å². The monoisotopic (exact) mass is 282 g/mol. The van der Waals surface area contributed by atoms with Crippen molar-refractivity contribution in [1.82, 2.24) is 10.2 Å². The van der Waals surface area contributed by atoms with Crippen LogP contribution in [0.2, 0.25) is 0 Å². The third-order valence-electron chi connectivity index (χ3n) is 3.60. The number of rotatable bonds is 2. The lowest BCUT2D eigenvalue weighted by atomic mass is 10.1. The van der Waals surface area contributed by atoms with Gasteiger partial charge in [0.2, 0.25) is 5.91 Å². The molecule has 1 aromatic carbocycles. The zero-order valence-corrected chi connectivity index (χ0v) is 11.6. The Morgan fingerprint density at radius 1 is 1.32 bits per heavy atom. The smallest absolute Gasteiger partial charge is 0.225 e. The molecular formula is C14H19ClN2O2. The van der Waals surface area contributed by atoms with Gasteiger partial charge in [-0.05, 0) is 11.1 Å². The largest absolute Gasteiger partial charge is 0.375 e. The molecule has 1 saturated heterocycles. The van der Waals surface area contributed by atoms with Gasteiger partial charge >= 0.3 is 0 Å². The Labute approximate surface area is 119 Å². The maximum atomic E-state index is 12.2. The summed E-state index contributed by atoms with van der Waals surface area (Å²) < 4.78 is 5.58. The number of carbonyl (C=O) groups excluding carboxylic acids is 1. The van der Waals surface area contributed by atoms with E-state index in [9.17, 15) is 4.79 Å². The molecule has 4 nitrogen and oxygen atoms in total. The van der Waals surface area contributed by atoms with Gasteiger partial charge in [0.15, 0.2) is 0 Å². The molecule has 0 radical (unpaired) electrons. The molecule has 0 aromatic heterocycles. The van der Waals surface area contributed by atoms with E-state index in [1.54, 1.807) is 0 Å². The highest BCUT2D eigenvalue weighted by Crippen LogP contribution is 2.23. The molecular weight excluding hydrogens is 264 g/mol. The van der Waals surface area contributed by atoms with Crippen molar-refractivity contribution >= 4 is 18.3 Å². The van der Waals surface area contributed by atoms with E-state index in [0.29, 0.717) is 13.0 Å². The second kappa shape index (κ2) is 6.37. The average molecular weight is 283 g/mol. The Balaban J connectivity index is 0.00000133. The summed E-state index contributed by atoms with van der Waals surface area (Å²) in [5.74, 6) is 0.194. The number of ether oxygens (including phenoxy) is 1. The fourth-order valence-corrected chi connectivity index (χ4v) is 2.58. The molecule has 1 aromatic rings. The molecule has 0 spiro atoms. The fourth-order valence-electron chi connectivity index (χ4n) is 2.58. The van der Waals surface area contributed by atoms with Crippen LogP contribution in [0, 0.1) is 0 Å². The molecule has 2 aliphatic heterocycles. The maximum Gasteiger partial charge on any atom is 0.225 e. The minimum atomic E-state index is 0. The molecule has 104 valence electrons.